The quantitative estimate of drug-likeness (QED) is 0.830. The maximum absolute atomic E-state index is 11.8. The van der Waals surface area contributed by atoms with Crippen LogP contribution >= 0.6 is 11.6 Å². The van der Waals surface area contributed by atoms with Gasteiger partial charge >= 0.3 is 0 Å². The normalized spacial score (nSPS) is 14.0. The molecule has 0 aromatic heterocycles. The van der Waals surface area contributed by atoms with Crippen molar-refractivity contribution in [2.75, 3.05) is 13.7 Å². The summed E-state index contributed by atoms with van der Waals surface area (Å²) in [7, 11) is 1.54. The van der Waals surface area contributed by atoms with Crippen molar-refractivity contribution >= 4 is 17.5 Å². The summed E-state index contributed by atoms with van der Waals surface area (Å²) < 4.78 is 5.07. The van der Waals surface area contributed by atoms with E-state index < -0.39 is 0 Å². The maximum Gasteiger partial charge on any atom is 0.223 e. The molecule has 2 atom stereocenters. The highest BCUT2D eigenvalue weighted by molar-refractivity contribution is 6.31. The van der Waals surface area contributed by atoms with Crippen LogP contribution < -0.4 is 11.1 Å². The van der Waals surface area contributed by atoms with Crippen LogP contribution in [0.1, 0.15) is 24.9 Å². The minimum atomic E-state index is -0.247. The second kappa shape index (κ2) is 7.36. The number of halogens is 1. The van der Waals surface area contributed by atoms with Gasteiger partial charge in [-0.3, -0.25) is 4.79 Å². The third-order valence-corrected chi connectivity index (χ3v) is 3.10. The zero-order valence-electron chi connectivity index (χ0n) is 10.7. The second-order valence-electron chi connectivity index (χ2n) is 4.11. The molecular formula is C13H19ClN2O2. The van der Waals surface area contributed by atoms with Gasteiger partial charge in [-0.25, -0.2) is 0 Å². The highest BCUT2D eigenvalue weighted by Gasteiger charge is 2.15. The smallest absolute Gasteiger partial charge is 0.223 e. The molecule has 3 N–H and O–H groups in total. The number of nitrogens with one attached hydrogen (secondary N) is 1. The van der Waals surface area contributed by atoms with E-state index in [4.69, 9.17) is 22.1 Å². The Bertz CT molecular complexity index is 394. The predicted molar refractivity (Wildman–Crippen MR) is 72.5 cm³/mol. The Balaban J connectivity index is 2.57. The van der Waals surface area contributed by atoms with Gasteiger partial charge in [0.1, 0.15) is 0 Å². The highest BCUT2D eigenvalue weighted by atomic mass is 35.5. The lowest BCUT2D eigenvalue weighted by Crippen LogP contribution is -2.33. The number of hydrogen-bond donors (Lipinski definition) is 2. The number of carbonyl (C=O) groups is 1. The van der Waals surface area contributed by atoms with Gasteiger partial charge in [-0.15, -0.1) is 0 Å². The number of ether oxygens (including phenoxy) is 1. The van der Waals surface area contributed by atoms with Crippen molar-refractivity contribution in [1.29, 1.82) is 0 Å². The van der Waals surface area contributed by atoms with Gasteiger partial charge in [-0.1, -0.05) is 29.8 Å². The lowest BCUT2D eigenvalue weighted by Gasteiger charge is -2.18. The van der Waals surface area contributed by atoms with Crippen LogP contribution in [0.15, 0.2) is 24.3 Å². The van der Waals surface area contributed by atoms with Crippen LogP contribution in [-0.4, -0.2) is 25.7 Å². The van der Waals surface area contributed by atoms with Crippen LogP contribution in [0.3, 0.4) is 0 Å². The summed E-state index contributed by atoms with van der Waals surface area (Å²) in [4.78, 5) is 11.8. The summed E-state index contributed by atoms with van der Waals surface area (Å²) >= 11 is 6.07. The molecule has 0 fully saturated rings. The van der Waals surface area contributed by atoms with Gasteiger partial charge in [0, 0.05) is 18.7 Å². The lowest BCUT2D eigenvalue weighted by atomic mass is 10.1. The molecule has 0 aliphatic heterocycles. The summed E-state index contributed by atoms with van der Waals surface area (Å²) in [5, 5.41) is 3.52. The van der Waals surface area contributed by atoms with E-state index in [0.717, 1.165) is 5.56 Å². The molecule has 1 rings (SSSR count). The molecule has 0 aliphatic carbocycles. The molecule has 4 nitrogen and oxygen atoms in total. The number of rotatable bonds is 6. The molecule has 1 aromatic carbocycles. The summed E-state index contributed by atoms with van der Waals surface area (Å²) in [5.74, 6) is -0.0975. The first-order valence-electron chi connectivity index (χ1n) is 5.85. The first-order chi connectivity index (χ1) is 8.58. The largest absolute Gasteiger partial charge is 0.380 e. The summed E-state index contributed by atoms with van der Waals surface area (Å²) in [6.45, 7) is 2.22. The van der Waals surface area contributed by atoms with Crippen molar-refractivity contribution in [1.82, 2.24) is 5.32 Å². The number of amides is 1. The van der Waals surface area contributed by atoms with Crippen molar-refractivity contribution in [2.24, 2.45) is 5.73 Å². The van der Waals surface area contributed by atoms with E-state index in [0.29, 0.717) is 11.6 Å². The molecule has 0 heterocycles. The fraction of sp³-hybridized carbons (Fsp3) is 0.462. The van der Waals surface area contributed by atoms with E-state index in [1.807, 2.05) is 25.1 Å². The van der Waals surface area contributed by atoms with Gasteiger partial charge in [0.2, 0.25) is 5.91 Å². The number of hydrogen-bond acceptors (Lipinski definition) is 3. The standard InChI is InChI=1S/C13H19ClN2O2/c1-9(11-5-3-4-6-12(11)14)16-13(17)7-10(8-15)18-2/h3-6,9-10H,7-8,15H2,1-2H3,(H,16,17)/t9-,10?/m1/s1. The summed E-state index contributed by atoms with van der Waals surface area (Å²) in [5.41, 5.74) is 6.37. The minimum absolute atomic E-state index is 0.0975. The van der Waals surface area contributed by atoms with E-state index in [1.54, 1.807) is 13.2 Å². The van der Waals surface area contributed by atoms with Crippen molar-refractivity contribution < 1.29 is 9.53 Å². The van der Waals surface area contributed by atoms with Gasteiger partial charge in [-0.05, 0) is 18.6 Å². The Hall–Kier alpha value is -1.10. The van der Waals surface area contributed by atoms with Crippen molar-refractivity contribution in [3.8, 4) is 0 Å². The maximum atomic E-state index is 11.8. The van der Waals surface area contributed by atoms with Gasteiger partial charge in [0.15, 0.2) is 0 Å². The van der Waals surface area contributed by atoms with Crippen LogP contribution in [-0.2, 0) is 9.53 Å². The SMILES string of the molecule is COC(CN)CC(=O)N[C@H](C)c1ccccc1Cl. The average Bonchev–Trinajstić information content (AvgIpc) is 2.36. The molecule has 1 aromatic rings. The lowest BCUT2D eigenvalue weighted by molar-refractivity contribution is -0.124. The average molecular weight is 271 g/mol. The Labute approximate surface area is 112 Å². The van der Waals surface area contributed by atoms with Crippen LogP contribution in [0.4, 0.5) is 0 Å². The molecular weight excluding hydrogens is 252 g/mol. The number of nitrogens with two attached hydrogens (primary N) is 1. The van der Waals surface area contributed by atoms with Crippen LogP contribution in [0.25, 0.3) is 0 Å². The Morgan fingerprint density at radius 2 is 2.17 bits per heavy atom. The van der Waals surface area contributed by atoms with Crippen molar-refractivity contribution in [3.63, 3.8) is 0 Å². The molecule has 18 heavy (non-hydrogen) atoms. The third-order valence-electron chi connectivity index (χ3n) is 2.76. The Morgan fingerprint density at radius 3 is 2.72 bits per heavy atom. The molecule has 1 unspecified atom stereocenters. The van der Waals surface area contributed by atoms with Gasteiger partial charge in [-0.2, -0.15) is 0 Å². The van der Waals surface area contributed by atoms with E-state index in [2.05, 4.69) is 5.32 Å². The molecule has 0 radical (unpaired) electrons. The molecule has 0 spiro atoms. The predicted octanol–water partition coefficient (Wildman–Crippen LogP) is 1.88. The summed E-state index contributed by atoms with van der Waals surface area (Å²) in [6, 6.07) is 7.31. The van der Waals surface area contributed by atoms with E-state index >= 15 is 0 Å². The molecule has 5 heteroatoms. The molecule has 0 aliphatic rings. The van der Waals surface area contributed by atoms with Crippen LogP contribution in [0, 0.1) is 0 Å². The molecule has 1 amide bonds. The monoisotopic (exact) mass is 270 g/mol. The topological polar surface area (TPSA) is 64.3 Å². The van der Waals surface area contributed by atoms with E-state index in [-0.39, 0.29) is 24.5 Å². The first kappa shape index (κ1) is 15.0. The third kappa shape index (κ3) is 4.29. The zero-order chi connectivity index (χ0) is 13.5. The van der Waals surface area contributed by atoms with Crippen LogP contribution in [0.5, 0.6) is 0 Å². The van der Waals surface area contributed by atoms with E-state index in [9.17, 15) is 4.79 Å². The minimum Gasteiger partial charge on any atom is -0.380 e. The Kier molecular flexibility index (Phi) is 6.12. The fourth-order valence-corrected chi connectivity index (χ4v) is 1.97. The van der Waals surface area contributed by atoms with Gasteiger partial charge in [0.25, 0.3) is 0 Å². The number of methoxy groups -OCH3 is 1. The number of benzene rings is 1. The summed E-state index contributed by atoms with van der Waals surface area (Å²) in [6.07, 6.45) is 0.00497. The first-order valence-corrected chi connectivity index (χ1v) is 6.23. The molecule has 100 valence electrons. The van der Waals surface area contributed by atoms with E-state index in [1.165, 1.54) is 0 Å². The van der Waals surface area contributed by atoms with Gasteiger partial charge in [0.05, 0.1) is 18.6 Å². The highest BCUT2D eigenvalue weighted by Crippen LogP contribution is 2.22. The fourth-order valence-electron chi connectivity index (χ4n) is 1.67. The molecule has 0 bridgehead atoms. The van der Waals surface area contributed by atoms with Crippen LogP contribution in [0.2, 0.25) is 5.02 Å². The van der Waals surface area contributed by atoms with Crippen molar-refractivity contribution in [3.05, 3.63) is 34.9 Å². The second-order valence-corrected chi connectivity index (χ2v) is 4.52. The Morgan fingerprint density at radius 1 is 1.50 bits per heavy atom. The van der Waals surface area contributed by atoms with Gasteiger partial charge < -0.3 is 15.8 Å². The van der Waals surface area contributed by atoms with Crippen molar-refractivity contribution in [2.45, 2.75) is 25.5 Å². The molecule has 0 saturated carbocycles. The number of carbonyl (C=O) groups excluding carboxylic acids is 1. The molecule has 0 saturated heterocycles. The zero-order valence-corrected chi connectivity index (χ0v) is 11.4.